The summed E-state index contributed by atoms with van der Waals surface area (Å²) in [6.45, 7) is 16.7. The normalized spacial score (nSPS) is 32.5. The van der Waals surface area contributed by atoms with Crippen molar-refractivity contribution in [2.24, 2.45) is 17.3 Å². The Kier molecular flexibility index (Phi) is 13.5. The zero-order valence-electron chi connectivity index (χ0n) is 28.7. The zero-order valence-corrected chi connectivity index (χ0v) is 28.7. The van der Waals surface area contributed by atoms with Crippen molar-refractivity contribution in [2.75, 3.05) is 20.3 Å². The second-order valence-electron chi connectivity index (χ2n) is 14.7. The fourth-order valence-corrected chi connectivity index (χ4v) is 7.23. The zero-order chi connectivity index (χ0) is 33.4. The third-order valence-corrected chi connectivity index (χ3v) is 9.95. The summed E-state index contributed by atoms with van der Waals surface area (Å²) in [6.07, 6.45) is 5.40. The molecule has 0 amide bonds. The SMILES string of the molecule is C=C1C[C@H](CCCOC(=O)C(C)(C)C)OC1CC[C@H]1C[C@@H](C)C(=C)C(C[C@@H]2O[C@H](C[C@H](O)CO)[C@H](OC)[C@H]2Cc2ccccc2)O1. The molecular formula is C38H58O8. The maximum Gasteiger partial charge on any atom is 0.311 e. The van der Waals surface area contributed by atoms with Crippen molar-refractivity contribution in [1.82, 2.24) is 0 Å². The first kappa shape index (κ1) is 36.8. The monoisotopic (exact) mass is 642 g/mol. The molecule has 3 heterocycles. The predicted molar refractivity (Wildman–Crippen MR) is 178 cm³/mol. The van der Waals surface area contributed by atoms with E-state index in [1.54, 1.807) is 7.11 Å². The summed E-state index contributed by atoms with van der Waals surface area (Å²) in [5.41, 5.74) is 2.95. The maximum atomic E-state index is 12.0. The van der Waals surface area contributed by atoms with E-state index in [2.05, 4.69) is 32.2 Å². The molecule has 4 rings (SSSR count). The number of rotatable bonds is 15. The lowest BCUT2D eigenvalue weighted by atomic mass is 9.81. The van der Waals surface area contributed by atoms with Gasteiger partial charge in [0.2, 0.25) is 0 Å². The fraction of sp³-hybridized carbons (Fsp3) is 0.711. The van der Waals surface area contributed by atoms with Crippen molar-refractivity contribution in [3.05, 3.63) is 60.2 Å². The molecule has 8 nitrogen and oxygen atoms in total. The van der Waals surface area contributed by atoms with Crippen LogP contribution in [0.3, 0.4) is 0 Å². The molecule has 0 aromatic heterocycles. The second-order valence-corrected chi connectivity index (χ2v) is 14.7. The molecule has 46 heavy (non-hydrogen) atoms. The van der Waals surface area contributed by atoms with Gasteiger partial charge in [-0.2, -0.15) is 0 Å². The van der Waals surface area contributed by atoms with Crippen LogP contribution in [0.15, 0.2) is 54.6 Å². The summed E-state index contributed by atoms with van der Waals surface area (Å²) in [6, 6.07) is 10.4. The van der Waals surface area contributed by atoms with Crippen molar-refractivity contribution in [1.29, 1.82) is 0 Å². The molecule has 3 aliphatic heterocycles. The molecule has 0 spiro atoms. The first-order valence-electron chi connectivity index (χ1n) is 17.2. The van der Waals surface area contributed by atoms with Gasteiger partial charge in [-0.25, -0.2) is 0 Å². The first-order chi connectivity index (χ1) is 21.9. The molecule has 0 radical (unpaired) electrons. The molecule has 2 unspecified atom stereocenters. The van der Waals surface area contributed by atoms with Crippen LogP contribution in [-0.2, 0) is 34.9 Å². The van der Waals surface area contributed by atoms with Gasteiger partial charge in [0.1, 0.15) is 0 Å². The van der Waals surface area contributed by atoms with Crippen LogP contribution in [0.5, 0.6) is 0 Å². The quantitative estimate of drug-likeness (QED) is 0.137. The van der Waals surface area contributed by atoms with E-state index in [1.165, 1.54) is 5.56 Å². The Morgan fingerprint density at radius 3 is 2.41 bits per heavy atom. The minimum Gasteiger partial charge on any atom is -0.465 e. The summed E-state index contributed by atoms with van der Waals surface area (Å²) in [4.78, 5) is 12.0. The van der Waals surface area contributed by atoms with Gasteiger partial charge in [0, 0.05) is 25.9 Å². The highest BCUT2D eigenvalue weighted by molar-refractivity contribution is 5.75. The van der Waals surface area contributed by atoms with Crippen LogP contribution in [0.25, 0.3) is 0 Å². The van der Waals surface area contributed by atoms with Gasteiger partial charge in [0.05, 0.1) is 67.5 Å². The van der Waals surface area contributed by atoms with Crippen molar-refractivity contribution in [3.8, 4) is 0 Å². The first-order valence-corrected chi connectivity index (χ1v) is 17.2. The van der Waals surface area contributed by atoms with E-state index in [1.807, 2.05) is 39.0 Å². The predicted octanol–water partition coefficient (Wildman–Crippen LogP) is 5.97. The van der Waals surface area contributed by atoms with Crippen molar-refractivity contribution >= 4 is 5.97 Å². The van der Waals surface area contributed by atoms with Crippen LogP contribution in [0.4, 0.5) is 0 Å². The van der Waals surface area contributed by atoms with E-state index in [0.29, 0.717) is 25.4 Å². The smallest absolute Gasteiger partial charge is 0.311 e. The van der Waals surface area contributed by atoms with E-state index < -0.39 is 11.5 Å². The second kappa shape index (κ2) is 16.8. The molecule has 3 saturated heterocycles. The molecule has 0 bridgehead atoms. The Balaban J connectivity index is 1.32. The highest BCUT2D eigenvalue weighted by atomic mass is 16.6. The highest BCUT2D eigenvalue weighted by Crippen LogP contribution is 2.41. The van der Waals surface area contributed by atoms with Crippen molar-refractivity contribution in [3.63, 3.8) is 0 Å². The van der Waals surface area contributed by atoms with Gasteiger partial charge < -0.3 is 33.9 Å². The lowest BCUT2D eigenvalue weighted by molar-refractivity contribution is -0.153. The number of aliphatic hydroxyl groups is 2. The maximum absolute atomic E-state index is 12.0. The summed E-state index contributed by atoms with van der Waals surface area (Å²) in [5, 5.41) is 19.8. The Morgan fingerprint density at radius 2 is 1.74 bits per heavy atom. The topological polar surface area (TPSA) is 104 Å². The molecule has 10 atom stereocenters. The van der Waals surface area contributed by atoms with Crippen LogP contribution in [0.1, 0.15) is 84.6 Å². The van der Waals surface area contributed by atoms with Crippen LogP contribution >= 0.6 is 0 Å². The van der Waals surface area contributed by atoms with Gasteiger partial charge in [-0.05, 0) is 88.3 Å². The van der Waals surface area contributed by atoms with Gasteiger partial charge >= 0.3 is 5.97 Å². The highest BCUT2D eigenvalue weighted by Gasteiger charge is 2.47. The third-order valence-electron chi connectivity index (χ3n) is 9.95. The van der Waals surface area contributed by atoms with Crippen LogP contribution < -0.4 is 0 Å². The number of aliphatic hydroxyl groups excluding tert-OH is 2. The molecule has 0 saturated carbocycles. The van der Waals surface area contributed by atoms with E-state index in [-0.39, 0.29) is 61.2 Å². The van der Waals surface area contributed by atoms with Gasteiger partial charge in [-0.15, -0.1) is 0 Å². The van der Waals surface area contributed by atoms with Crippen molar-refractivity contribution in [2.45, 2.75) is 134 Å². The minimum atomic E-state index is -0.859. The number of hydrogen-bond acceptors (Lipinski definition) is 8. The molecule has 8 heteroatoms. The van der Waals surface area contributed by atoms with E-state index >= 15 is 0 Å². The molecule has 1 aromatic rings. The molecule has 258 valence electrons. The number of esters is 1. The summed E-state index contributed by atoms with van der Waals surface area (Å²) in [7, 11) is 1.70. The van der Waals surface area contributed by atoms with E-state index in [9.17, 15) is 15.0 Å². The molecule has 1 aromatic carbocycles. The molecular weight excluding hydrogens is 584 g/mol. The molecule has 3 fully saturated rings. The number of hydrogen-bond donors (Lipinski definition) is 2. The average Bonchev–Trinajstić information content (AvgIpc) is 3.53. The fourth-order valence-electron chi connectivity index (χ4n) is 7.23. The standard InChI is InChI=1S/C38H58O8/c1-24-18-30(15-16-32-25(2)19-29(44-32)14-11-17-43-37(41)38(4,5)6)45-33(26(24)3)22-34-31(20-27-12-9-8-10-13-27)36(42-7)35(46-34)21-28(40)23-39/h8-10,12-13,24,28-36,39-40H,2-3,11,14-23H2,1,4-7H3/t24-,28+,29+,30+,31+,32?,33?,34+,35-,36-/m1/s1. The number of carbonyl (C=O) groups is 1. The number of carbonyl (C=O) groups excluding carboxylic acids is 1. The summed E-state index contributed by atoms with van der Waals surface area (Å²) >= 11 is 0. The van der Waals surface area contributed by atoms with Crippen LogP contribution in [0, 0.1) is 17.3 Å². The number of ether oxygens (including phenoxy) is 5. The van der Waals surface area contributed by atoms with E-state index in [4.69, 9.17) is 23.7 Å². The summed E-state index contributed by atoms with van der Waals surface area (Å²) in [5.74, 6) is 0.216. The van der Waals surface area contributed by atoms with Gasteiger partial charge in [0.25, 0.3) is 0 Å². The lowest BCUT2D eigenvalue weighted by Crippen LogP contribution is -2.38. The van der Waals surface area contributed by atoms with E-state index in [0.717, 1.165) is 56.1 Å². The molecule has 0 aliphatic carbocycles. The van der Waals surface area contributed by atoms with Crippen LogP contribution in [-0.4, -0.2) is 85.3 Å². The Labute approximate surface area is 276 Å². The minimum absolute atomic E-state index is 0.0131. The number of methoxy groups -OCH3 is 1. The average molecular weight is 643 g/mol. The lowest BCUT2D eigenvalue weighted by Gasteiger charge is -2.38. The molecule has 2 N–H and O–H groups in total. The van der Waals surface area contributed by atoms with Gasteiger partial charge in [0.15, 0.2) is 0 Å². The van der Waals surface area contributed by atoms with Crippen molar-refractivity contribution < 1.29 is 38.7 Å². The van der Waals surface area contributed by atoms with Gasteiger partial charge in [-0.3, -0.25) is 4.79 Å². The Morgan fingerprint density at radius 1 is 1.02 bits per heavy atom. The van der Waals surface area contributed by atoms with Crippen LogP contribution in [0.2, 0.25) is 0 Å². The number of benzene rings is 1. The third kappa shape index (κ3) is 9.97. The van der Waals surface area contributed by atoms with Gasteiger partial charge in [-0.1, -0.05) is 50.4 Å². The molecule has 3 aliphatic rings. The Hall–Kier alpha value is -2.07. The Bertz CT molecular complexity index is 1130. The summed E-state index contributed by atoms with van der Waals surface area (Å²) < 4.78 is 31.1. The largest absolute Gasteiger partial charge is 0.465 e.